The normalized spacial score (nSPS) is 19.4. The van der Waals surface area contributed by atoms with E-state index in [0.29, 0.717) is 12.3 Å². The SMILES string of the molecule is Cc1ccoc1C(=O)N1CCCCC1CCN.Cl. The molecule has 0 aliphatic carbocycles. The third-order valence-corrected chi connectivity index (χ3v) is 3.44. The number of rotatable bonds is 3. The van der Waals surface area contributed by atoms with Crippen molar-refractivity contribution in [3.05, 3.63) is 23.7 Å². The van der Waals surface area contributed by atoms with Crippen molar-refractivity contribution in [2.24, 2.45) is 5.73 Å². The van der Waals surface area contributed by atoms with Gasteiger partial charge < -0.3 is 15.1 Å². The van der Waals surface area contributed by atoms with Crippen molar-refractivity contribution >= 4 is 18.3 Å². The molecule has 1 saturated heterocycles. The zero-order valence-corrected chi connectivity index (χ0v) is 11.5. The Balaban J connectivity index is 0.00000162. The third-order valence-electron chi connectivity index (χ3n) is 3.44. The van der Waals surface area contributed by atoms with E-state index in [1.54, 1.807) is 6.26 Å². The molecule has 4 nitrogen and oxygen atoms in total. The van der Waals surface area contributed by atoms with Gasteiger partial charge in [0.2, 0.25) is 0 Å². The molecule has 18 heavy (non-hydrogen) atoms. The fourth-order valence-corrected chi connectivity index (χ4v) is 2.48. The Morgan fingerprint density at radius 3 is 2.94 bits per heavy atom. The highest BCUT2D eigenvalue weighted by Crippen LogP contribution is 2.23. The summed E-state index contributed by atoms with van der Waals surface area (Å²) in [4.78, 5) is 14.3. The molecule has 1 aromatic heterocycles. The molecule has 0 radical (unpaired) electrons. The number of nitrogens with two attached hydrogens (primary N) is 1. The molecule has 1 aromatic rings. The maximum absolute atomic E-state index is 12.4. The van der Waals surface area contributed by atoms with E-state index in [1.807, 2.05) is 17.9 Å². The van der Waals surface area contributed by atoms with Crippen molar-refractivity contribution in [3.8, 4) is 0 Å². The molecule has 1 aliphatic heterocycles. The van der Waals surface area contributed by atoms with Gasteiger partial charge in [0.1, 0.15) is 0 Å². The molecule has 2 N–H and O–H groups in total. The van der Waals surface area contributed by atoms with E-state index in [4.69, 9.17) is 10.2 Å². The van der Waals surface area contributed by atoms with Crippen LogP contribution in [-0.4, -0.2) is 29.9 Å². The first kappa shape index (κ1) is 15.1. The number of carbonyl (C=O) groups is 1. The molecule has 2 rings (SSSR count). The first-order valence-electron chi connectivity index (χ1n) is 6.29. The Labute approximate surface area is 114 Å². The van der Waals surface area contributed by atoms with E-state index in [1.165, 1.54) is 6.42 Å². The smallest absolute Gasteiger partial charge is 0.290 e. The van der Waals surface area contributed by atoms with Crippen LogP contribution in [0.1, 0.15) is 41.8 Å². The molecule has 5 heteroatoms. The molecular weight excluding hydrogens is 252 g/mol. The number of hydrogen-bond donors (Lipinski definition) is 1. The molecule has 0 bridgehead atoms. The fourth-order valence-electron chi connectivity index (χ4n) is 2.48. The topological polar surface area (TPSA) is 59.5 Å². The molecule has 1 atom stereocenters. The van der Waals surface area contributed by atoms with E-state index in [-0.39, 0.29) is 24.4 Å². The largest absolute Gasteiger partial charge is 0.459 e. The van der Waals surface area contributed by atoms with Crippen molar-refractivity contribution < 1.29 is 9.21 Å². The molecule has 2 heterocycles. The molecule has 1 unspecified atom stereocenters. The van der Waals surface area contributed by atoms with Crippen LogP contribution in [0.5, 0.6) is 0 Å². The average molecular weight is 273 g/mol. The maximum atomic E-state index is 12.4. The predicted molar refractivity (Wildman–Crippen MR) is 73.0 cm³/mol. The van der Waals surface area contributed by atoms with Crippen molar-refractivity contribution in [3.63, 3.8) is 0 Å². The summed E-state index contributed by atoms with van der Waals surface area (Å²) in [6.45, 7) is 3.36. The second-order valence-corrected chi connectivity index (χ2v) is 4.66. The average Bonchev–Trinajstić information content (AvgIpc) is 2.76. The van der Waals surface area contributed by atoms with Gasteiger partial charge in [-0.3, -0.25) is 4.79 Å². The predicted octanol–water partition coefficient (Wildman–Crippen LogP) is 2.35. The van der Waals surface area contributed by atoms with Crippen LogP contribution in [0, 0.1) is 6.92 Å². The number of likely N-dealkylation sites (tertiary alicyclic amines) is 1. The molecule has 1 amide bonds. The number of aryl methyl sites for hydroxylation is 1. The Morgan fingerprint density at radius 1 is 1.56 bits per heavy atom. The van der Waals surface area contributed by atoms with E-state index in [9.17, 15) is 4.79 Å². The second kappa shape index (κ2) is 6.81. The Morgan fingerprint density at radius 2 is 2.33 bits per heavy atom. The lowest BCUT2D eigenvalue weighted by atomic mass is 9.99. The number of hydrogen-bond acceptors (Lipinski definition) is 3. The van der Waals surface area contributed by atoms with Gasteiger partial charge in [0, 0.05) is 18.2 Å². The summed E-state index contributed by atoms with van der Waals surface area (Å²) >= 11 is 0. The van der Waals surface area contributed by atoms with Gasteiger partial charge in [-0.2, -0.15) is 0 Å². The minimum absolute atomic E-state index is 0. The minimum Gasteiger partial charge on any atom is -0.459 e. The number of amides is 1. The standard InChI is InChI=1S/C13H20N2O2.ClH/c1-10-6-9-17-12(10)13(16)15-8-3-2-4-11(15)5-7-14;/h6,9,11H,2-5,7-8,14H2,1H3;1H. The second-order valence-electron chi connectivity index (χ2n) is 4.66. The maximum Gasteiger partial charge on any atom is 0.290 e. The third kappa shape index (κ3) is 3.06. The molecule has 1 fully saturated rings. The van der Waals surface area contributed by atoms with E-state index in [2.05, 4.69) is 0 Å². The number of nitrogens with zero attached hydrogens (tertiary/aromatic N) is 1. The highest BCUT2D eigenvalue weighted by molar-refractivity contribution is 5.93. The minimum atomic E-state index is 0. The first-order valence-corrected chi connectivity index (χ1v) is 6.29. The van der Waals surface area contributed by atoms with E-state index >= 15 is 0 Å². The van der Waals surface area contributed by atoms with Crippen molar-refractivity contribution in [2.75, 3.05) is 13.1 Å². The van der Waals surface area contributed by atoms with Crippen molar-refractivity contribution in [1.29, 1.82) is 0 Å². The van der Waals surface area contributed by atoms with Crippen LogP contribution in [0.25, 0.3) is 0 Å². The van der Waals surface area contributed by atoms with E-state index < -0.39 is 0 Å². The summed E-state index contributed by atoms with van der Waals surface area (Å²) in [6, 6.07) is 2.11. The highest BCUT2D eigenvalue weighted by atomic mass is 35.5. The molecule has 0 saturated carbocycles. The van der Waals surface area contributed by atoms with Gasteiger partial charge in [0.25, 0.3) is 5.91 Å². The van der Waals surface area contributed by atoms with Crippen LogP contribution in [-0.2, 0) is 0 Å². The van der Waals surface area contributed by atoms with Gasteiger partial charge in [-0.15, -0.1) is 12.4 Å². The summed E-state index contributed by atoms with van der Waals surface area (Å²) in [5.74, 6) is 0.500. The summed E-state index contributed by atoms with van der Waals surface area (Å²) in [5, 5.41) is 0. The van der Waals surface area contributed by atoms with Gasteiger partial charge >= 0.3 is 0 Å². The van der Waals surface area contributed by atoms with Gasteiger partial charge in [0.15, 0.2) is 5.76 Å². The molecule has 102 valence electrons. The number of piperidine rings is 1. The summed E-state index contributed by atoms with van der Waals surface area (Å²) in [5.41, 5.74) is 6.52. The Kier molecular flexibility index (Phi) is 5.69. The molecule has 1 aliphatic rings. The van der Waals surface area contributed by atoms with E-state index in [0.717, 1.165) is 31.4 Å². The Bertz CT molecular complexity index is 390. The van der Waals surface area contributed by atoms with Gasteiger partial charge in [-0.05, 0) is 45.2 Å². The lowest BCUT2D eigenvalue weighted by Gasteiger charge is -2.35. The summed E-state index contributed by atoms with van der Waals surface area (Å²) in [7, 11) is 0. The first-order chi connectivity index (χ1) is 8.24. The van der Waals surface area contributed by atoms with Crippen molar-refractivity contribution in [2.45, 2.75) is 38.6 Å². The molecule has 0 aromatic carbocycles. The monoisotopic (exact) mass is 272 g/mol. The van der Waals surface area contributed by atoms with Crippen LogP contribution in [0.3, 0.4) is 0 Å². The fraction of sp³-hybridized carbons (Fsp3) is 0.615. The lowest BCUT2D eigenvalue weighted by Crippen LogP contribution is -2.44. The highest BCUT2D eigenvalue weighted by Gasteiger charge is 2.29. The van der Waals surface area contributed by atoms with Crippen LogP contribution >= 0.6 is 12.4 Å². The zero-order valence-electron chi connectivity index (χ0n) is 10.7. The summed E-state index contributed by atoms with van der Waals surface area (Å²) < 4.78 is 5.28. The number of carbonyl (C=O) groups excluding carboxylic acids is 1. The van der Waals surface area contributed by atoms with Crippen LogP contribution < -0.4 is 5.73 Å². The van der Waals surface area contributed by atoms with Gasteiger partial charge in [0.05, 0.1) is 6.26 Å². The Hall–Kier alpha value is -1.00. The summed E-state index contributed by atoms with van der Waals surface area (Å²) in [6.07, 6.45) is 5.77. The molecular formula is C13H21ClN2O2. The zero-order chi connectivity index (χ0) is 12.3. The van der Waals surface area contributed by atoms with Crippen LogP contribution in [0.4, 0.5) is 0 Å². The molecule has 0 spiro atoms. The number of furan rings is 1. The van der Waals surface area contributed by atoms with Gasteiger partial charge in [-0.25, -0.2) is 0 Å². The van der Waals surface area contributed by atoms with Crippen LogP contribution in [0.2, 0.25) is 0 Å². The van der Waals surface area contributed by atoms with Gasteiger partial charge in [-0.1, -0.05) is 0 Å². The van der Waals surface area contributed by atoms with Crippen molar-refractivity contribution in [1.82, 2.24) is 4.90 Å². The number of halogens is 1. The van der Waals surface area contributed by atoms with Crippen LogP contribution in [0.15, 0.2) is 16.7 Å². The quantitative estimate of drug-likeness (QED) is 0.919. The lowest BCUT2D eigenvalue weighted by molar-refractivity contribution is 0.0571.